The summed E-state index contributed by atoms with van der Waals surface area (Å²) in [5.41, 5.74) is 1.38. The molecular formula is C20H24ClN3O5S2. The standard InChI is InChI=1S/C20H24ClN3O5S2/c1-4-23(5-2)31(28,29)16-7-9-19-14(12-16)10-11-24(19)20(25)17-13-15(6-8-18(17)21)30(26,27)22-3/h6-9,12-13,22H,4-5,10-11H2,1-3H3. The molecule has 3 rings (SSSR count). The van der Waals surface area contributed by atoms with Crippen LogP contribution < -0.4 is 9.62 Å². The Balaban J connectivity index is 1.98. The van der Waals surface area contributed by atoms with Crippen molar-refractivity contribution < 1.29 is 21.6 Å². The fourth-order valence-electron chi connectivity index (χ4n) is 3.56. The molecule has 0 radical (unpaired) electrons. The first kappa shape index (κ1) is 23.7. The van der Waals surface area contributed by atoms with Crippen molar-refractivity contribution in [3.8, 4) is 0 Å². The van der Waals surface area contributed by atoms with E-state index >= 15 is 0 Å². The molecular weight excluding hydrogens is 462 g/mol. The Hall–Kier alpha value is -1.98. The number of amides is 1. The molecule has 1 aliphatic heterocycles. The molecule has 0 saturated carbocycles. The summed E-state index contributed by atoms with van der Waals surface area (Å²) in [7, 11) is -6.07. The molecule has 1 N–H and O–H groups in total. The summed E-state index contributed by atoms with van der Waals surface area (Å²) in [6, 6.07) is 8.64. The molecule has 0 atom stereocenters. The van der Waals surface area contributed by atoms with Gasteiger partial charge in [0, 0.05) is 25.3 Å². The molecule has 0 unspecified atom stereocenters. The average molecular weight is 486 g/mol. The lowest BCUT2D eigenvalue weighted by Crippen LogP contribution is -2.31. The quantitative estimate of drug-likeness (QED) is 0.648. The van der Waals surface area contributed by atoms with Crippen molar-refractivity contribution in [1.29, 1.82) is 0 Å². The van der Waals surface area contributed by atoms with Gasteiger partial charge in [-0.15, -0.1) is 0 Å². The van der Waals surface area contributed by atoms with Crippen LogP contribution >= 0.6 is 11.6 Å². The van der Waals surface area contributed by atoms with E-state index in [1.165, 1.54) is 40.5 Å². The van der Waals surface area contributed by atoms with Gasteiger partial charge in [-0.1, -0.05) is 25.4 Å². The highest BCUT2D eigenvalue weighted by atomic mass is 35.5. The molecule has 11 heteroatoms. The van der Waals surface area contributed by atoms with Crippen LogP contribution in [0.2, 0.25) is 5.02 Å². The van der Waals surface area contributed by atoms with E-state index in [0.717, 1.165) is 5.56 Å². The Bertz CT molecular complexity index is 1230. The number of nitrogens with one attached hydrogen (secondary N) is 1. The summed E-state index contributed by atoms with van der Waals surface area (Å²) in [4.78, 5) is 14.8. The molecule has 0 aliphatic carbocycles. The van der Waals surface area contributed by atoms with E-state index in [1.54, 1.807) is 26.0 Å². The highest BCUT2D eigenvalue weighted by molar-refractivity contribution is 7.89. The van der Waals surface area contributed by atoms with Crippen molar-refractivity contribution >= 4 is 43.2 Å². The molecule has 8 nitrogen and oxygen atoms in total. The molecule has 1 amide bonds. The summed E-state index contributed by atoms with van der Waals surface area (Å²) in [5, 5.41) is 0.134. The molecule has 2 aromatic carbocycles. The number of carbonyl (C=O) groups excluding carboxylic acids is 1. The summed E-state index contributed by atoms with van der Waals surface area (Å²) in [6.07, 6.45) is 0.481. The topological polar surface area (TPSA) is 104 Å². The first-order chi connectivity index (χ1) is 14.6. The van der Waals surface area contributed by atoms with E-state index in [-0.39, 0.29) is 20.4 Å². The van der Waals surface area contributed by atoms with Crippen LogP contribution in [0.1, 0.15) is 29.8 Å². The SMILES string of the molecule is CCN(CC)S(=O)(=O)c1ccc2c(c1)CCN2C(=O)c1cc(S(=O)(=O)NC)ccc1Cl. The number of carbonyl (C=O) groups is 1. The van der Waals surface area contributed by atoms with Gasteiger partial charge in [-0.25, -0.2) is 21.6 Å². The number of benzene rings is 2. The second kappa shape index (κ2) is 8.87. The first-order valence-electron chi connectivity index (χ1n) is 9.74. The summed E-state index contributed by atoms with van der Waals surface area (Å²) < 4.78 is 53.4. The molecule has 0 spiro atoms. The molecule has 1 aliphatic rings. The molecule has 0 fully saturated rings. The molecule has 31 heavy (non-hydrogen) atoms. The Labute approximate surface area is 187 Å². The van der Waals surface area contributed by atoms with Gasteiger partial charge >= 0.3 is 0 Å². The molecule has 0 aromatic heterocycles. The lowest BCUT2D eigenvalue weighted by Gasteiger charge is -2.21. The number of anilines is 1. The Morgan fingerprint density at radius 2 is 1.71 bits per heavy atom. The number of fused-ring (bicyclic) bond motifs is 1. The number of hydrogen-bond acceptors (Lipinski definition) is 5. The van der Waals surface area contributed by atoms with Crippen molar-refractivity contribution in [1.82, 2.24) is 9.03 Å². The highest BCUT2D eigenvalue weighted by Gasteiger charge is 2.30. The van der Waals surface area contributed by atoms with E-state index in [0.29, 0.717) is 31.7 Å². The highest BCUT2D eigenvalue weighted by Crippen LogP contribution is 2.33. The van der Waals surface area contributed by atoms with Crippen molar-refractivity contribution in [3.63, 3.8) is 0 Å². The monoisotopic (exact) mass is 485 g/mol. The van der Waals surface area contributed by atoms with Crippen LogP contribution in [0, 0.1) is 0 Å². The summed E-state index contributed by atoms with van der Waals surface area (Å²) in [6.45, 7) is 4.62. The summed E-state index contributed by atoms with van der Waals surface area (Å²) >= 11 is 6.19. The van der Waals surface area contributed by atoms with Gasteiger partial charge in [0.05, 0.1) is 20.4 Å². The zero-order valence-corrected chi connectivity index (χ0v) is 19.8. The van der Waals surface area contributed by atoms with Crippen molar-refractivity contribution in [2.75, 3.05) is 31.6 Å². The second-order valence-electron chi connectivity index (χ2n) is 6.94. The third-order valence-corrected chi connectivity index (χ3v) is 9.07. The van der Waals surface area contributed by atoms with Gasteiger partial charge in [0.2, 0.25) is 20.0 Å². The number of rotatable bonds is 7. The number of nitrogens with zero attached hydrogens (tertiary/aromatic N) is 2. The Kier molecular flexibility index (Phi) is 6.78. The zero-order valence-electron chi connectivity index (χ0n) is 17.4. The van der Waals surface area contributed by atoms with Crippen LogP contribution in [0.3, 0.4) is 0 Å². The Morgan fingerprint density at radius 3 is 2.32 bits per heavy atom. The predicted molar refractivity (Wildman–Crippen MR) is 120 cm³/mol. The van der Waals surface area contributed by atoms with E-state index in [1.807, 2.05) is 0 Å². The van der Waals surface area contributed by atoms with Crippen molar-refractivity contribution in [2.24, 2.45) is 0 Å². The number of hydrogen-bond donors (Lipinski definition) is 1. The lowest BCUT2D eigenvalue weighted by atomic mass is 10.1. The minimum Gasteiger partial charge on any atom is -0.308 e. The van der Waals surface area contributed by atoms with Crippen LogP contribution in [0.15, 0.2) is 46.2 Å². The number of sulfonamides is 2. The van der Waals surface area contributed by atoms with Gasteiger partial charge in [-0.2, -0.15) is 4.31 Å². The molecule has 0 saturated heterocycles. The minimum absolute atomic E-state index is 0.0608. The second-order valence-corrected chi connectivity index (χ2v) is 11.2. The number of halogens is 1. The first-order valence-corrected chi connectivity index (χ1v) is 13.0. The van der Waals surface area contributed by atoms with E-state index in [9.17, 15) is 21.6 Å². The van der Waals surface area contributed by atoms with Crippen LogP contribution in [-0.2, 0) is 26.5 Å². The fourth-order valence-corrected chi connectivity index (χ4v) is 6.02. The largest absolute Gasteiger partial charge is 0.308 e. The van der Waals surface area contributed by atoms with Crippen LogP contribution in [0.5, 0.6) is 0 Å². The van der Waals surface area contributed by atoms with Crippen molar-refractivity contribution in [3.05, 3.63) is 52.5 Å². The zero-order chi connectivity index (χ0) is 23.0. The molecule has 0 bridgehead atoms. The van der Waals surface area contributed by atoms with Crippen molar-refractivity contribution in [2.45, 2.75) is 30.1 Å². The lowest BCUT2D eigenvalue weighted by molar-refractivity contribution is 0.0989. The van der Waals surface area contributed by atoms with Gasteiger partial charge in [0.25, 0.3) is 5.91 Å². The average Bonchev–Trinajstić information content (AvgIpc) is 3.17. The molecule has 2 aromatic rings. The van der Waals surface area contributed by atoms with Gasteiger partial charge in [0.1, 0.15) is 0 Å². The van der Waals surface area contributed by atoms with Gasteiger partial charge < -0.3 is 4.90 Å². The third-order valence-electron chi connectivity index (χ3n) is 5.28. The van der Waals surface area contributed by atoms with Gasteiger partial charge in [0.15, 0.2) is 0 Å². The van der Waals surface area contributed by atoms with Crippen LogP contribution in [-0.4, -0.2) is 53.7 Å². The van der Waals surface area contributed by atoms with E-state index < -0.39 is 26.0 Å². The van der Waals surface area contributed by atoms with Gasteiger partial charge in [-0.05, 0) is 55.4 Å². The molecule has 1 heterocycles. The minimum atomic E-state index is -3.74. The summed E-state index contributed by atoms with van der Waals surface area (Å²) in [5.74, 6) is -0.448. The maximum absolute atomic E-state index is 13.2. The van der Waals surface area contributed by atoms with Crippen LogP contribution in [0.4, 0.5) is 5.69 Å². The smallest absolute Gasteiger partial charge is 0.259 e. The Morgan fingerprint density at radius 1 is 1.06 bits per heavy atom. The normalized spacial score (nSPS) is 14.2. The maximum Gasteiger partial charge on any atom is 0.259 e. The van der Waals surface area contributed by atoms with Gasteiger partial charge in [-0.3, -0.25) is 4.79 Å². The van der Waals surface area contributed by atoms with E-state index in [2.05, 4.69) is 4.72 Å². The molecule has 168 valence electrons. The maximum atomic E-state index is 13.2. The fraction of sp³-hybridized carbons (Fsp3) is 0.350. The van der Waals surface area contributed by atoms with E-state index in [4.69, 9.17) is 11.6 Å². The van der Waals surface area contributed by atoms with Crippen LogP contribution in [0.25, 0.3) is 0 Å². The predicted octanol–water partition coefficient (Wildman–Crippen LogP) is 2.48. The third kappa shape index (κ3) is 4.35.